The minimum Gasteiger partial charge on any atom is -0.394 e. The van der Waals surface area contributed by atoms with Gasteiger partial charge in [-0.15, -0.1) is 0 Å². The first-order valence-electron chi connectivity index (χ1n) is 22.9. The Morgan fingerprint density at radius 1 is 0.576 bits per heavy atom. The van der Waals surface area contributed by atoms with Crippen molar-refractivity contribution >= 4 is 41.0 Å². The quantitative estimate of drug-likeness (QED) is 0.0261. The van der Waals surface area contributed by atoms with Gasteiger partial charge in [0, 0.05) is 77.6 Å². The molecule has 66 heavy (non-hydrogen) atoms. The van der Waals surface area contributed by atoms with Crippen LogP contribution in [0.4, 0.5) is 0 Å². The zero-order valence-corrected chi connectivity index (χ0v) is 38.7. The van der Waals surface area contributed by atoms with Crippen LogP contribution in [0.3, 0.4) is 0 Å². The van der Waals surface area contributed by atoms with Crippen LogP contribution in [0.25, 0.3) is 0 Å². The van der Waals surface area contributed by atoms with E-state index in [9.17, 15) is 74.4 Å². The highest BCUT2D eigenvalue weighted by Gasteiger charge is 2.32. The van der Waals surface area contributed by atoms with Crippen LogP contribution in [-0.2, 0) is 47.8 Å². The van der Waals surface area contributed by atoms with E-state index in [-0.39, 0.29) is 115 Å². The fourth-order valence-electron chi connectivity index (χ4n) is 6.00. The Labute approximate surface area is 387 Å². The van der Waals surface area contributed by atoms with E-state index >= 15 is 0 Å². The largest absolute Gasteiger partial charge is 0.394 e. The van der Waals surface area contributed by atoms with E-state index < -0.39 is 122 Å². The molecule has 10 atom stereocenters. The maximum atomic E-state index is 13.2. The first kappa shape index (κ1) is 60.4. The van der Waals surface area contributed by atoms with E-state index in [0.717, 1.165) is 0 Å². The van der Waals surface area contributed by atoms with E-state index in [1.807, 2.05) is 20.8 Å². The summed E-state index contributed by atoms with van der Waals surface area (Å²) >= 11 is 0. The van der Waals surface area contributed by atoms with Crippen molar-refractivity contribution in [3.05, 3.63) is 0 Å². The number of carbonyl (C=O) groups excluding carboxylic acids is 7. The van der Waals surface area contributed by atoms with Crippen LogP contribution in [0.1, 0.15) is 93.3 Å². The molecule has 2 unspecified atom stereocenters. The molecule has 0 rings (SSSR count). The number of ether oxygens (including phenoxy) is 3. The van der Waals surface area contributed by atoms with Crippen molar-refractivity contribution in [3.63, 3.8) is 0 Å². The lowest BCUT2D eigenvalue weighted by Crippen LogP contribution is -2.50. The van der Waals surface area contributed by atoms with Crippen molar-refractivity contribution in [2.45, 2.75) is 141 Å². The minimum absolute atomic E-state index is 0.0357. The Morgan fingerprint density at radius 2 is 1.15 bits per heavy atom. The molecular weight excluding hydrogens is 876 g/mol. The zero-order chi connectivity index (χ0) is 51.1. The lowest BCUT2D eigenvalue weighted by molar-refractivity contribution is -0.133. The van der Waals surface area contributed by atoms with E-state index in [2.05, 4.69) is 21.3 Å². The van der Waals surface area contributed by atoms with Crippen LogP contribution in [0.15, 0.2) is 0 Å². The van der Waals surface area contributed by atoms with E-state index in [1.165, 1.54) is 0 Å². The van der Waals surface area contributed by atoms with E-state index in [1.54, 1.807) is 6.92 Å². The Kier molecular flexibility index (Phi) is 31.7. The van der Waals surface area contributed by atoms with Crippen LogP contribution < -0.4 is 21.3 Å². The molecule has 0 bridgehead atoms. The van der Waals surface area contributed by atoms with Crippen molar-refractivity contribution in [2.24, 2.45) is 17.3 Å². The number of methoxy groups -OCH3 is 1. The van der Waals surface area contributed by atoms with Gasteiger partial charge in [-0.25, -0.2) is 0 Å². The third kappa shape index (κ3) is 28.6. The van der Waals surface area contributed by atoms with Gasteiger partial charge in [0.1, 0.15) is 42.1 Å². The van der Waals surface area contributed by atoms with Crippen LogP contribution in [-0.4, -0.2) is 209 Å². The maximum Gasteiger partial charge on any atom is 0.225 e. The predicted octanol–water partition coefficient (Wildman–Crippen LogP) is -4.08. The number of aliphatic hydroxyl groups excluding tert-OH is 9. The van der Waals surface area contributed by atoms with Crippen molar-refractivity contribution < 1.29 is 95.1 Å². The Hall–Kier alpha value is -3.59. The van der Waals surface area contributed by atoms with Gasteiger partial charge < -0.3 is 81.4 Å². The number of ketones is 3. The molecule has 0 saturated heterocycles. The maximum absolute atomic E-state index is 13.2. The van der Waals surface area contributed by atoms with Gasteiger partial charge in [-0.05, 0) is 24.7 Å². The summed E-state index contributed by atoms with van der Waals surface area (Å²) in [5.74, 6) is -5.81. The molecule has 0 aliphatic rings. The highest BCUT2D eigenvalue weighted by Crippen LogP contribution is 2.18. The summed E-state index contributed by atoms with van der Waals surface area (Å²) in [6, 6.07) is 0. The molecule has 0 aliphatic carbocycles. The molecular formula is C43H78N4O19. The van der Waals surface area contributed by atoms with Gasteiger partial charge in [-0.2, -0.15) is 0 Å². The third-order valence-corrected chi connectivity index (χ3v) is 10.1. The SMILES string of the molecule is [2H]COCC(CC(=O)CNC(=O)CCNC(=O)CCOCC(C)(C)C)C(=O)NCCOCCC(=O)CC(CCC(=O)CC[C@H](O)[C@@H](O)[C@H](O)[C@H](O)CC)C(=O)NC[C@H](O)[C@@H](O)[C@H](O)[C@H](O)CO. The van der Waals surface area contributed by atoms with Crippen molar-refractivity contribution in [3.8, 4) is 0 Å². The average Bonchev–Trinajstić information content (AvgIpc) is 3.29. The molecule has 13 N–H and O–H groups in total. The van der Waals surface area contributed by atoms with Gasteiger partial charge in [-0.1, -0.05) is 27.7 Å². The van der Waals surface area contributed by atoms with Crippen LogP contribution in [0.2, 0.25) is 0 Å². The summed E-state index contributed by atoms with van der Waals surface area (Å²) in [5.41, 5.74) is -0.0357. The van der Waals surface area contributed by atoms with Crippen LogP contribution >= 0.6 is 0 Å². The lowest BCUT2D eigenvalue weighted by Gasteiger charge is -2.26. The molecule has 0 radical (unpaired) electrons. The fourth-order valence-corrected chi connectivity index (χ4v) is 6.00. The highest BCUT2D eigenvalue weighted by atomic mass is 16.5. The second-order valence-electron chi connectivity index (χ2n) is 17.3. The lowest BCUT2D eigenvalue weighted by atomic mass is 9.92. The van der Waals surface area contributed by atoms with Gasteiger partial charge in [-0.3, -0.25) is 33.6 Å². The first-order valence-corrected chi connectivity index (χ1v) is 22.2. The molecule has 4 amide bonds. The molecule has 23 nitrogen and oxygen atoms in total. The number of amides is 4. The Morgan fingerprint density at radius 3 is 1.79 bits per heavy atom. The first-order chi connectivity index (χ1) is 31.5. The second kappa shape index (κ2) is 34.7. The fraction of sp³-hybridized carbons (Fsp3) is 0.837. The summed E-state index contributed by atoms with van der Waals surface area (Å²) in [6.07, 6.45) is -15.7. The number of nitrogens with one attached hydrogen (secondary N) is 4. The molecule has 0 aliphatic heterocycles. The normalized spacial score (nSPS) is 16.5. The Bertz CT molecular complexity index is 1470. The molecule has 0 saturated carbocycles. The van der Waals surface area contributed by atoms with Crippen molar-refractivity contribution in [2.75, 3.05) is 72.9 Å². The summed E-state index contributed by atoms with van der Waals surface area (Å²) in [7, 11) is -0.475. The average molecular weight is 956 g/mol. The smallest absolute Gasteiger partial charge is 0.225 e. The molecule has 384 valence electrons. The van der Waals surface area contributed by atoms with Gasteiger partial charge in [0.25, 0.3) is 0 Å². The number of Topliss-reactive ketones (excluding diaryl/α,β-unsaturated/α-hetero) is 3. The van der Waals surface area contributed by atoms with Crippen molar-refractivity contribution in [1.29, 1.82) is 0 Å². The van der Waals surface area contributed by atoms with E-state index in [4.69, 9.17) is 20.7 Å². The topological polar surface area (TPSA) is 377 Å². The summed E-state index contributed by atoms with van der Waals surface area (Å²) in [4.78, 5) is 88.5. The number of carbonyl (C=O) groups is 7. The number of hydrogen-bond acceptors (Lipinski definition) is 19. The van der Waals surface area contributed by atoms with Crippen LogP contribution in [0.5, 0.6) is 0 Å². The van der Waals surface area contributed by atoms with Crippen LogP contribution in [0, 0.1) is 17.3 Å². The second-order valence-corrected chi connectivity index (χ2v) is 17.3. The Balaban J connectivity index is 5.07. The van der Waals surface area contributed by atoms with Gasteiger partial charge in [0.2, 0.25) is 23.6 Å². The monoisotopic (exact) mass is 956 g/mol. The summed E-state index contributed by atoms with van der Waals surface area (Å²) < 4.78 is 23.2. The number of aliphatic hydroxyl groups is 9. The molecule has 0 aromatic heterocycles. The molecule has 0 aromatic carbocycles. The van der Waals surface area contributed by atoms with Gasteiger partial charge in [0.15, 0.2) is 5.78 Å². The third-order valence-electron chi connectivity index (χ3n) is 10.1. The molecule has 23 heteroatoms. The van der Waals surface area contributed by atoms with Crippen molar-refractivity contribution in [1.82, 2.24) is 21.3 Å². The highest BCUT2D eigenvalue weighted by molar-refractivity contribution is 5.90. The molecule has 0 heterocycles. The summed E-state index contributed by atoms with van der Waals surface area (Å²) in [5, 5.41) is 98.8. The molecule has 0 spiro atoms. The summed E-state index contributed by atoms with van der Waals surface area (Å²) in [6.45, 7) is 5.81. The molecule has 0 aromatic rings. The molecule has 0 fully saturated rings. The zero-order valence-electron chi connectivity index (χ0n) is 39.7. The standard InChI is InChI=1S/C43H78N4O19/c1-6-31(52)37(58)38(59)32(53)10-9-28(49)8-7-26(41(62)47-22-33(54)39(60)40(61)34(55)23-48)19-29(50)12-16-65-18-15-45-42(63)27(24-64-5)20-30(51)21-46-35(56)11-14-44-36(57)13-17-66-25-43(2,3)4/h26-27,31-34,37-40,48,52-55,58-61H,6-25H2,1-5H3,(H,44,57)(H,45,63)(H,46,56)(H,47,62)/t26?,27?,31-,32+,33+,34-,37-,38-,39-,40-/m1/s1/i5D. The van der Waals surface area contributed by atoms with E-state index in [0.29, 0.717) is 6.61 Å². The predicted molar refractivity (Wildman–Crippen MR) is 234 cm³/mol. The van der Waals surface area contributed by atoms with Gasteiger partial charge >= 0.3 is 0 Å². The number of hydrogen-bond donors (Lipinski definition) is 13. The minimum atomic E-state index is -1.98. The van der Waals surface area contributed by atoms with Gasteiger partial charge in [0.05, 0.1) is 71.8 Å². The number of rotatable bonds is 39.